The van der Waals surface area contributed by atoms with Crippen LogP contribution in [0, 0.1) is 0 Å². The van der Waals surface area contributed by atoms with Crippen molar-refractivity contribution in [3.63, 3.8) is 0 Å². The highest BCUT2D eigenvalue weighted by molar-refractivity contribution is 7.85. The van der Waals surface area contributed by atoms with Crippen LogP contribution < -0.4 is 5.32 Å². The van der Waals surface area contributed by atoms with E-state index < -0.39 is 28.7 Å². The smallest absolute Gasteiger partial charge is 0.327 e. The molecule has 0 aromatic rings. The number of carboxylic acids is 1. The minimum absolute atomic E-state index is 0.0284. The molecule has 7 heteroatoms. The normalized spacial score (nSPS) is 20.5. The van der Waals surface area contributed by atoms with Crippen molar-refractivity contribution >= 4 is 22.7 Å². The van der Waals surface area contributed by atoms with E-state index in [4.69, 9.17) is 9.84 Å². The Bertz CT molecular complexity index is 314. The zero-order valence-electron chi connectivity index (χ0n) is 9.68. The third-order valence-electron chi connectivity index (χ3n) is 2.55. The van der Waals surface area contributed by atoms with Crippen LogP contribution in [0.4, 0.5) is 0 Å². The summed E-state index contributed by atoms with van der Waals surface area (Å²) in [6, 6.07) is -1.07. The summed E-state index contributed by atoms with van der Waals surface area (Å²) in [4.78, 5) is 21.7. The predicted octanol–water partition coefficient (Wildman–Crippen LogP) is -0.497. The van der Waals surface area contributed by atoms with Gasteiger partial charge in [0.15, 0.2) is 0 Å². The van der Waals surface area contributed by atoms with Crippen molar-refractivity contribution in [2.75, 3.05) is 19.0 Å². The lowest BCUT2D eigenvalue weighted by Crippen LogP contribution is -2.45. The first-order chi connectivity index (χ1) is 8.00. The number of hydrogen-bond donors (Lipinski definition) is 2. The van der Waals surface area contributed by atoms with Gasteiger partial charge in [0.1, 0.15) is 6.04 Å². The average Bonchev–Trinajstić information content (AvgIpc) is 2.28. The van der Waals surface area contributed by atoms with E-state index in [-0.39, 0.29) is 11.0 Å². The fourth-order valence-corrected chi connectivity index (χ4v) is 3.20. The summed E-state index contributed by atoms with van der Waals surface area (Å²) in [6.07, 6.45) is 1.36. The van der Waals surface area contributed by atoms with Crippen LogP contribution >= 0.6 is 0 Å². The van der Waals surface area contributed by atoms with Gasteiger partial charge in [-0.1, -0.05) is 0 Å². The second-order valence-electron chi connectivity index (χ2n) is 3.95. The monoisotopic (exact) mass is 263 g/mol. The molecular formula is C10H17NO5S. The first-order valence-corrected chi connectivity index (χ1v) is 6.83. The van der Waals surface area contributed by atoms with Crippen molar-refractivity contribution in [2.24, 2.45) is 0 Å². The van der Waals surface area contributed by atoms with Crippen LogP contribution in [0.15, 0.2) is 0 Å². The fraction of sp³-hybridized carbons (Fsp3) is 0.800. The molecule has 1 unspecified atom stereocenters. The van der Waals surface area contributed by atoms with Crippen molar-refractivity contribution in [1.29, 1.82) is 0 Å². The van der Waals surface area contributed by atoms with Gasteiger partial charge in [0.25, 0.3) is 0 Å². The van der Waals surface area contributed by atoms with Gasteiger partial charge in [-0.3, -0.25) is 9.00 Å². The van der Waals surface area contributed by atoms with Crippen LogP contribution in [0.2, 0.25) is 0 Å². The third-order valence-corrected chi connectivity index (χ3v) is 4.42. The van der Waals surface area contributed by atoms with Gasteiger partial charge in [0.2, 0.25) is 5.91 Å². The van der Waals surface area contributed by atoms with Gasteiger partial charge < -0.3 is 15.2 Å². The second-order valence-corrected chi connectivity index (χ2v) is 5.71. The highest BCUT2D eigenvalue weighted by Crippen LogP contribution is 2.14. The van der Waals surface area contributed by atoms with Crippen LogP contribution in [-0.4, -0.2) is 51.5 Å². The lowest BCUT2D eigenvalue weighted by Gasteiger charge is -2.23. The number of rotatable bonds is 5. The summed E-state index contributed by atoms with van der Waals surface area (Å²) in [7, 11) is -1.25. The summed E-state index contributed by atoms with van der Waals surface area (Å²) in [5.41, 5.74) is 0. The van der Waals surface area contributed by atoms with E-state index in [2.05, 4.69) is 5.32 Å². The highest BCUT2D eigenvalue weighted by Gasteiger charge is 2.26. The molecule has 17 heavy (non-hydrogen) atoms. The summed E-state index contributed by atoms with van der Waals surface area (Å²) in [5, 5.41) is 11.2. The molecule has 0 aliphatic carbocycles. The van der Waals surface area contributed by atoms with Gasteiger partial charge in [-0.15, -0.1) is 0 Å². The third kappa shape index (κ3) is 4.82. The number of carbonyl (C=O) groups is 2. The van der Waals surface area contributed by atoms with Crippen molar-refractivity contribution < 1.29 is 23.6 Å². The maximum Gasteiger partial charge on any atom is 0.327 e. The SMILES string of the molecule is CC(=O)N[C@@H](CS(=O)C1CCOCC1)C(=O)O. The molecule has 0 aromatic carbocycles. The molecule has 2 atom stereocenters. The van der Waals surface area contributed by atoms with Gasteiger partial charge in [0, 0.05) is 36.2 Å². The molecule has 0 bridgehead atoms. The molecule has 1 fully saturated rings. The molecule has 1 aliphatic rings. The van der Waals surface area contributed by atoms with E-state index in [1.54, 1.807) is 0 Å². The molecule has 1 heterocycles. The number of carboxylic acid groups (broad SMARTS) is 1. The summed E-state index contributed by atoms with van der Waals surface area (Å²) < 4.78 is 17.1. The van der Waals surface area contributed by atoms with E-state index >= 15 is 0 Å². The van der Waals surface area contributed by atoms with Crippen molar-refractivity contribution in [1.82, 2.24) is 5.32 Å². The predicted molar refractivity (Wildman–Crippen MR) is 62.1 cm³/mol. The Balaban J connectivity index is 2.50. The fourth-order valence-electron chi connectivity index (χ4n) is 1.66. The summed E-state index contributed by atoms with van der Waals surface area (Å²) in [5.74, 6) is -1.62. The van der Waals surface area contributed by atoms with E-state index in [1.807, 2.05) is 0 Å². The second kappa shape index (κ2) is 6.70. The van der Waals surface area contributed by atoms with Crippen molar-refractivity contribution in [3.05, 3.63) is 0 Å². The minimum Gasteiger partial charge on any atom is -0.480 e. The Hall–Kier alpha value is -0.950. The average molecular weight is 263 g/mol. The Morgan fingerprint density at radius 1 is 1.47 bits per heavy atom. The van der Waals surface area contributed by atoms with E-state index in [0.29, 0.717) is 26.1 Å². The van der Waals surface area contributed by atoms with E-state index in [0.717, 1.165) is 0 Å². The summed E-state index contributed by atoms with van der Waals surface area (Å²) in [6.45, 7) is 2.37. The van der Waals surface area contributed by atoms with E-state index in [1.165, 1.54) is 6.92 Å². The molecule has 1 rings (SSSR count). The molecule has 98 valence electrons. The zero-order chi connectivity index (χ0) is 12.8. The van der Waals surface area contributed by atoms with Crippen molar-refractivity contribution in [3.8, 4) is 0 Å². The first kappa shape index (κ1) is 14.1. The van der Waals surface area contributed by atoms with Gasteiger partial charge >= 0.3 is 5.97 Å². The molecule has 1 amide bonds. The number of aliphatic carboxylic acids is 1. The van der Waals surface area contributed by atoms with Crippen molar-refractivity contribution in [2.45, 2.75) is 31.1 Å². The number of amides is 1. The standard InChI is InChI=1S/C10H17NO5S/c1-7(12)11-9(10(13)14)6-17(15)8-2-4-16-5-3-8/h8-9H,2-6H2,1H3,(H,11,12)(H,13,14)/t9-,17?/m0/s1. The number of nitrogens with one attached hydrogen (secondary N) is 1. The highest BCUT2D eigenvalue weighted by atomic mass is 32.2. The van der Waals surface area contributed by atoms with Gasteiger partial charge in [-0.25, -0.2) is 4.79 Å². The molecule has 1 saturated heterocycles. The maximum absolute atomic E-state index is 11.9. The molecule has 0 saturated carbocycles. The lowest BCUT2D eigenvalue weighted by molar-refractivity contribution is -0.140. The van der Waals surface area contributed by atoms with Crippen LogP contribution in [0.3, 0.4) is 0 Å². The number of carbonyl (C=O) groups excluding carboxylic acids is 1. The lowest BCUT2D eigenvalue weighted by atomic mass is 10.2. The topological polar surface area (TPSA) is 92.7 Å². The quantitative estimate of drug-likeness (QED) is 0.698. The Labute approximate surface area is 102 Å². The maximum atomic E-state index is 11.9. The molecule has 1 aliphatic heterocycles. The molecular weight excluding hydrogens is 246 g/mol. The van der Waals surface area contributed by atoms with Crippen LogP contribution in [-0.2, 0) is 25.1 Å². The van der Waals surface area contributed by atoms with Gasteiger partial charge in [-0.2, -0.15) is 0 Å². The zero-order valence-corrected chi connectivity index (χ0v) is 10.5. The molecule has 0 radical (unpaired) electrons. The molecule has 2 N–H and O–H groups in total. The summed E-state index contributed by atoms with van der Waals surface area (Å²) >= 11 is 0. The number of hydrogen-bond acceptors (Lipinski definition) is 4. The molecule has 6 nitrogen and oxygen atoms in total. The van der Waals surface area contributed by atoms with Crippen LogP contribution in [0.1, 0.15) is 19.8 Å². The van der Waals surface area contributed by atoms with E-state index in [9.17, 15) is 13.8 Å². The minimum atomic E-state index is -1.25. The van der Waals surface area contributed by atoms with Crippen LogP contribution in [0.5, 0.6) is 0 Å². The Kier molecular flexibility index (Phi) is 5.57. The number of ether oxygens (including phenoxy) is 1. The Morgan fingerprint density at radius 2 is 2.06 bits per heavy atom. The largest absolute Gasteiger partial charge is 0.480 e. The molecule has 0 spiro atoms. The van der Waals surface area contributed by atoms with Gasteiger partial charge in [0.05, 0.1) is 5.75 Å². The Morgan fingerprint density at radius 3 is 2.53 bits per heavy atom. The van der Waals surface area contributed by atoms with Crippen LogP contribution in [0.25, 0.3) is 0 Å². The van der Waals surface area contributed by atoms with Gasteiger partial charge in [-0.05, 0) is 12.8 Å². The first-order valence-electron chi connectivity index (χ1n) is 5.45. The molecule has 0 aromatic heterocycles.